The van der Waals surface area contributed by atoms with Crippen molar-refractivity contribution in [1.82, 2.24) is 11.1 Å². The van der Waals surface area contributed by atoms with Crippen LogP contribution in [0.5, 0.6) is 0 Å². The lowest BCUT2D eigenvalue weighted by Gasteiger charge is -2.16. The molecular formula is C4H8N2O. The van der Waals surface area contributed by atoms with E-state index < -0.39 is 6.23 Å². The summed E-state index contributed by atoms with van der Waals surface area (Å²) in [5.74, 6) is 0. The van der Waals surface area contributed by atoms with Crippen LogP contribution in [0, 0.1) is 0 Å². The zero-order valence-electron chi connectivity index (χ0n) is 4.05. The SMILES string of the molecule is [N]C1CNCCO1. The summed E-state index contributed by atoms with van der Waals surface area (Å²) in [7, 11) is 0. The molecule has 2 radical (unpaired) electrons. The van der Waals surface area contributed by atoms with Gasteiger partial charge in [0.2, 0.25) is 0 Å². The molecule has 0 saturated carbocycles. The molecule has 1 saturated heterocycles. The van der Waals surface area contributed by atoms with Gasteiger partial charge in [-0.1, -0.05) is 0 Å². The van der Waals surface area contributed by atoms with Crippen molar-refractivity contribution >= 4 is 0 Å². The van der Waals surface area contributed by atoms with Crippen LogP contribution < -0.4 is 11.1 Å². The molecule has 0 aromatic heterocycles. The molecule has 0 spiro atoms. The lowest BCUT2D eigenvalue weighted by atomic mass is 10.5. The van der Waals surface area contributed by atoms with Crippen LogP contribution in [0.25, 0.3) is 0 Å². The van der Waals surface area contributed by atoms with Gasteiger partial charge in [-0.05, 0) is 0 Å². The topological polar surface area (TPSA) is 43.6 Å². The maximum atomic E-state index is 8.62. The second kappa shape index (κ2) is 2.26. The van der Waals surface area contributed by atoms with E-state index in [0.717, 1.165) is 6.54 Å². The number of nitrogens with zero attached hydrogens (tertiary/aromatic N) is 1. The normalized spacial score (nSPS) is 33.0. The Bertz CT molecular complexity index is 51.7. The molecule has 1 aliphatic rings. The molecule has 40 valence electrons. The highest BCUT2D eigenvalue weighted by molar-refractivity contribution is 4.57. The van der Waals surface area contributed by atoms with Crippen molar-refractivity contribution in [2.45, 2.75) is 6.23 Å². The first-order valence-electron chi connectivity index (χ1n) is 2.40. The van der Waals surface area contributed by atoms with Crippen molar-refractivity contribution in [3.63, 3.8) is 0 Å². The van der Waals surface area contributed by atoms with Crippen LogP contribution in [0.1, 0.15) is 0 Å². The second-order valence-corrected chi connectivity index (χ2v) is 1.53. The number of hydrogen-bond donors (Lipinski definition) is 1. The quantitative estimate of drug-likeness (QED) is 0.424. The second-order valence-electron chi connectivity index (χ2n) is 1.53. The van der Waals surface area contributed by atoms with E-state index in [1.54, 1.807) is 0 Å². The lowest BCUT2D eigenvalue weighted by molar-refractivity contribution is 0.0282. The predicted molar refractivity (Wildman–Crippen MR) is 24.7 cm³/mol. The van der Waals surface area contributed by atoms with Gasteiger partial charge in [0.25, 0.3) is 0 Å². The van der Waals surface area contributed by atoms with Gasteiger partial charge in [0.15, 0.2) is 6.23 Å². The maximum absolute atomic E-state index is 8.62. The monoisotopic (exact) mass is 100 g/mol. The Hall–Kier alpha value is -0.120. The molecule has 0 bridgehead atoms. The summed E-state index contributed by atoms with van der Waals surface area (Å²) in [4.78, 5) is 0. The Morgan fingerprint density at radius 3 is 2.86 bits per heavy atom. The van der Waals surface area contributed by atoms with E-state index in [-0.39, 0.29) is 0 Å². The predicted octanol–water partition coefficient (Wildman–Crippen LogP) is -0.999. The van der Waals surface area contributed by atoms with Crippen LogP contribution in [0.4, 0.5) is 0 Å². The van der Waals surface area contributed by atoms with Gasteiger partial charge >= 0.3 is 0 Å². The van der Waals surface area contributed by atoms with Crippen LogP contribution in [-0.2, 0) is 4.74 Å². The van der Waals surface area contributed by atoms with E-state index in [1.165, 1.54) is 0 Å². The molecule has 1 aliphatic heterocycles. The highest BCUT2D eigenvalue weighted by Gasteiger charge is 2.07. The Kier molecular flexibility index (Phi) is 1.62. The van der Waals surface area contributed by atoms with Crippen LogP contribution in [0.3, 0.4) is 0 Å². The van der Waals surface area contributed by atoms with E-state index in [0.29, 0.717) is 13.2 Å². The molecular weight excluding hydrogens is 92.1 g/mol. The van der Waals surface area contributed by atoms with Crippen LogP contribution in [0.2, 0.25) is 0 Å². The van der Waals surface area contributed by atoms with Gasteiger partial charge in [-0.2, -0.15) is 0 Å². The highest BCUT2D eigenvalue weighted by atomic mass is 16.5. The smallest absolute Gasteiger partial charge is 0.153 e. The van der Waals surface area contributed by atoms with E-state index in [4.69, 9.17) is 10.5 Å². The van der Waals surface area contributed by atoms with Gasteiger partial charge < -0.3 is 10.1 Å². The summed E-state index contributed by atoms with van der Waals surface area (Å²) in [6.07, 6.45) is -0.575. The first kappa shape index (κ1) is 5.03. The van der Waals surface area contributed by atoms with Crippen LogP contribution in [-0.4, -0.2) is 25.9 Å². The van der Waals surface area contributed by atoms with E-state index in [2.05, 4.69) is 5.32 Å². The van der Waals surface area contributed by atoms with Crippen molar-refractivity contribution in [2.24, 2.45) is 0 Å². The maximum Gasteiger partial charge on any atom is 0.153 e. The summed E-state index contributed by atoms with van der Waals surface area (Å²) in [5, 5.41) is 2.96. The summed E-state index contributed by atoms with van der Waals surface area (Å²) in [6.45, 7) is 2.05. The van der Waals surface area contributed by atoms with Gasteiger partial charge in [-0.25, -0.2) is 0 Å². The fourth-order valence-electron chi connectivity index (χ4n) is 0.552. The molecule has 1 heterocycles. The number of ether oxygens (including phenoxy) is 1. The summed E-state index contributed by atoms with van der Waals surface area (Å²) in [6, 6.07) is 0. The van der Waals surface area contributed by atoms with Crippen molar-refractivity contribution in [2.75, 3.05) is 19.7 Å². The fourth-order valence-corrected chi connectivity index (χ4v) is 0.552. The minimum absolute atomic E-state index is 0.569. The molecule has 1 atom stereocenters. The van der Waals surface area contributed by atoms with E-state index in [9.17, 15) is 0 Å². The number of morpholine rings is 1. The molecule has 0 aromatic rings. The molecule has 1 fully saturated rings. The van der Waals surface area contributed by atoms with Crippen molar-refractivity contribution in [3.05, 3.63) is 0 Å². The molecule has 1 unspecified atom stereocenters. The third-order valence-electron chi connectivity index (χ3n) is 0.908. The average molecular weight is 100 g/mol. The number of hydrogen-bond acceptors (Lipinski definition) is 2. The Labute approximate surface area is 42.8 Å². The molecule has 0 aromatic carbocycles. The third-order valence-corrected chi connectivity index (χ3v) is 0.908. The molecule has 1 rings (SSSR count). The highest BCUT2D eigenvalue weighted by Crippen LogP contribution is 1.86. The van der Waals surface area contributed by atoms with E-state index in [1.807, 2.05) is 0 Å². The Balaban J connectivity index is 2.12. The van der Waals surface area contributed by atoms with Crippen molar-refractivity contribution in [3.8, 4) is 0 Å². The van der Waals surface area contributed by atoms with Crippen LogP contribution in [0.15, 0.2) is 0 Å². The molecule has 3 heteroatoms. The van der Waals surface area contributed by atoms with E-state index >= 15 is 0 Å². The van der Waals surface area contributed by atoms with Crippen LogP contribution >= 0.6 is 0 Å². The number of nitrogens with one attached hydrogen (secondary N) is 1. The number of rotatable bonds is 0. The zero-order chi connectivity index (χ0) is 5.11. The summed E-state index contributed by atoms with van der Waals surface area (Å²) in [5.41, 5.74) is 8.62. The fraction of sp³-hybridized carbons (Fsp3) is 1.00. The molecule has 3 nitrogen and oxygen atoms in total. The standard InChI is InChI=1S/C4H8N2O/c5-4-3-6-1-2-7-4/h4,6H,1-3H2. The minimum atomic E-state index is -0.575. The molecule has 0 amide bonds. The molecule has 1 N–H and O–H groups in total. The first-order valence-corrected chi connectivity index (χ1v) is 2.40. The van der Waals surface area contributed by atoms with Gasteiger partial charge in [-0.3, -0.25) is 0 Å². The van der Waals surface area contributed by atoms with Gasteiger partial charge in [0.1, 0.15) is 0 Å². The van der Waals surface area contributed by atoms with Gasteiger partial charge in [0, 0.05) is 13.1 Å². The molecule has 0 aliphatic carbocycles. The summed E-state index contributed by atoms with van der Waals surface area (Å²) >= 11 is 0. The average Bonchev–Trinajstić information content (AvgIpc) is 1.69. The molecule has 7 heavy (non-hydrogen) atoms. The van der Waals surface area contributed by atoms with Crippen molar-refractivity contribution in [1.29, 1.82) is 0 Å². The minimum Gasteiger partial charge on any atom is -0.358 e. The van der Waals surface area contributed by atoms with Gasteiger partial charge in [-0.15, -0.1) is 5.73 Å². The summed E-state index contributed by atoms with van der Waals surface area (Å²) < 4.78 is 4.77. The Morgan fingerprint density at radius 2 is 2.57 bits per heavy atom. The lowest BCUT2D eigenvalue weighted by Crippen LogP contribution is -2.39. The third kappa shape index (κ3) is 1.43. The van der Waals surface area contributed by atoms with Crippen molar-refractivity contribution < 1.29 is 4.74 Å². The zero-order valence-corrected chi connectivity index (χ0v) is 4.05. The first-order chi connectivity index (χ1) is 3.39. The largest absolute Gasteiger partial charge is 0.358 e. The Morgan fingerprint density at radius 1 is 1.71 bits per heavy atom. The van der Waals surface area contributed by atoms with Gasteiger partial charge in [0.05, 0.1) is 6.61 Å².